The zero-order valence-corrected chi connectivity index (χ0v) is 16.2. The number of aliphatic hydroxyl groups excluding tert-OH is 1. The van der Waals surface area contributed by atoms with Crippen molar-refractivity contribution >= 4 is 32.1 Å². The number of nitrogens with two attached hydrogens (primary N) is 1. The molecule has 1 aromatic heterocycles. The summed E-state index contributed by atoms with van der Waals surface area (Å²) in [5.41, 5.74) is 7.39. The Labute approximate surface area is 160 Å². The molecule has 7 nitrogen and oxygen atoms in total. The molecule has 3 rings (SSSR count). The molecule has 4 N–H and O–H groups in total. The molecule has 1 aromatic carbocycles. The Balaban J connectivity index is 1.90. The summed E-state index contributed by atoms with van der Waals surface area (Å²) >= 11 is 1.09. The lowest BCUT2D eigenvalue weighted by molar-refractivity contribution is 0.155. The van der Waals surface area contributed by atoms with Gasteiger partial charge in [0.2, 0.25) is 10.0 Å². The molecule has 0 fully saturated rings. The predicted octanol–water partition coefficient (Wildman–Crippen LogP) is 2.34. The van der Waals surface area contributed by atoms with Crippen LogP contribution in [0.2, 0.25) is 0 Å². The number of rotatable bonds is 5. The minimum Gasteiger partial charge on any atom is -0.411 e. The molecule has 0 saturated carbocycles. The average Bonchev–Trinajstić information content (AvgIpc) is 2.98. The molecule has 0 radical (unpaired) electrons. The van der Waals surface area contributed by atoms with Crippen molar-refractivity contribution in [3.05, 3.63) is 46.1 Å². The van der Waals surface area contributed by atoms with Crippen LogP contribution in [0, 0.1) is 5.82 Å². The second-order valence-electron chi connectivity index (χ2n) is 6.36. The lowest BCUT2D eigenvalue weighted by atomic mass is 9.97. The van der Waals surface area contributed by atoms with Gasteiger partial charge in [-0.25, -0.2) is 12.8 Å². The average molecular weight is 413 g/mol. The highest BCUT2D eigenvalue weighted by Crippen LogP contribution is 2.40. The third-order valence-electron chi connectivity index (χ3n) is 4.56. The van der Waals surface area contributed by atoms with Gasteiger partial charge in [-0.1, -0.05) is 17.3 Å². The predicted molar refractivity (Wildman–Crippen MR) is 101 cm³/mol. The minimum absolute atomic E-state index is 0.0113. The molecular formula is C17H20FN3O4S2. The molecule has 0 aliphatic heterocycles. The second-order valence-corrected chi connectivity index (χ2v) is 9.39. The third-order valence-corrected chi connectivity index (χ3v) is 7.75. The fourth-order valence-electron chi connectivity index (χ4n) is 3.14. The first kappa shape index (κ1) is 19.7. The maximum Gasteiger partial charge on any atom is 0.246 e. The molecule has 0 saturated heterocycles. The fraction of sp³-hybridized carbons (Fsp3) is 0.353. The van der Waals surface area contributed by atoms with Crippen molar-refractivity contribution in [3.63, 3.8) is 0 Å². The van der Waals surface area contributed by atoms with Crippen LogP contribution in [0.25, 0.3) is 0 Å². The zero-order valence-electron chi connectivity index (χ0n) is 14.6. The van der Waals surface area contributed by atoms with Crippen LogP contribution >= 0.6 is 11.3 Å². The SMILES string of the molecule is CN(CC(O)c1ccc(F)cc1)S(=O)(=O)c1c(N)sc2c1CCC/C2=N/O. The summed E-state index contributed by atoms with van der Waals surface area (Å²) in [6.45, 7) is -0.209. The van der Waals surface area contributed by atoms with Crippen LogP contribution in [0.4, 0.5) is 9.39 Å². The van der Waals surface area contributed by atoms with E-state index in [2.05, 4.69) is 5.16 Å². The fourth-order valence-corrected chi connectivity index (χ4v) is 6.09. The van der Waals surface area contributed by atoms with Crippen molar-refractivity contribution in [2.75, 3.05) is 19.3 Å². The zero-order chi connectivity index (χ0) is 19.8. The van der Waals surface area contributed by atoms with Crippen molar-refractivity contribution in [1.29, 1.82) is 0 Å². The van der Waals surface area contributed by atoms with E-state index in [1.54, 1.807) is 0 Å². The van der Waals surface area contributed by atoms with Crippen LogP contribution in [0.1, 0.15) is 34.9 Å². The number of thiophene rings is 1. The molecule has 1 unspecified atom stereocenters. The molecule has 1 aliphatic carbocycles. The van der Waals surface area contributed by atoms with Crippen molar-refractivity contribution in [2.45, 2.75) is 30.3 Å². The Morgan fingerprint density at radius 3 is 2.63 bits per heavy atom. The Hall–Kier alpha value is -2.01. The number of benzene rings is 1. The van der Waals surface area contributed by atoms with Gasteiger partial charge < -0.3 is 16.0 Å². The number of fused-ring (bicyclic) bond motifs is 1. The lowest BCUT2D eigenvalue weighted by Crippen LogP contribution is -2.32. The van der Waals surface area contributed by atoms with E-state index in [9.17, 15) is 17.9 Å². The van der Waals surface area contributed by atoms with Gasteiger partial charge in [0, 0.05) is 13.6 Å². The number of nitrogens with zero attached hydrogens (tertiary/aromatic N) is 2. The van der Waals surface area contributed by atoms with Gasteiger partial charge in [0.1, 0.15) is 15.7 Å². The normalized spacial score (nSPS) is 17.3. The first-order chi connectivity index (χ1) is 12.8. The highest BCUT2D eigenvalue weighted by atomic mass is 32.2. The summed E-state index contributed by atoms with van der Waals surface area (Å²) in [5.74, 6) is -0.439. The summed E-state index contributed by atoms with van der Waals surface area (Å²) in [6.07, 6.45) is 0.621. The number of sulfonamides is 1. The van der Waals surface area contributed by atoms with Crippen LogP contribution in [-0.4, -0.2) is 42.3 Å². The van der Waals surface area contributed by atoms with E-state index in [1.807, 2.05) is 0 Å². The molecule has 0 spiro atoms. The van der Waals surface area contributed by atoms with E-state index in [4.69, 9.17) is 10.9 Å². The topological polar surface area (TPSA) is 116 Å². The number of oxime groups is 1. The lowest BCUT2D eigenvalue weighted by Gasteiger charge is -2.22. The number of aliphatic hydroxyl groups is 1. The largest absolute Gasteiger partial charge is 0.411 e. The molecule has 2 aromatic rings. The maximum atomic E-state index is 13.1. The van der Waals surface area contributed by atoms with Gasteiger partial charge >= 0.3 is 0 Å². The molecule has 0 amide bonds. The van der Waals surface area contributed by atoms with E-state index in [0.29, 0.717) is 41.0 Å². The van der Waals surface area contributed by atoms with Crippen molar-refractivity contribution in [2.24, 2.45) is 5.16 Å². The summed E-state index contributed by atoms with van der Waals surface area (Å²) in [7, 11) is -2.61. The van der Waals surface area contributed by atoms with Crippen molar-refractivity contribution in [1.82, 2.24) is 4.31 Å². The third kappa shape index (κ3) is 3.70. The number of nitrogen functional groups attached to an aromatic ring is 1. The number of hydrogen-bond donors (Lipinski definition) is 3. The molecule has 146 valence electrons. The van der Waals surface area contributed by atoms with Gasteiger partial charge in [-0.05, 0) is 42.5 Å². The molecule has 27 heavy (non-hydrogen) atoms. The summed E-state index contributed by atoms with van der Waals surface area (Å²) in [5, 5.41) is 22.9. The summed E-state index contributed by atoms with van der Waals surface area (Å²) in [4.78, 5) is 0.601. The van der Waals surface area contributed by atoms with E-state index in [1.165, 1.54) is 31.3 Å². The Morgan fingerprint density at radius 2 is 2.00 bits per heavy atom. The standard InChI is InChI=1S/C17H20FN3O4S2/c1-21(9-14(22)10-5-7-11(18)8-6-10)27(24,25)16-12-3-2-4-13(20-23)15(12)26-17(16)19/h5-8,14,22-23H,2-4,9,19H2,1H3/b20-13-. The van der Waals surface area contributed by atoms with E-state index < -0.39 is 21.9 Å². The van der Waals surface area contributed by atoms with E-state index in [-0.39, 0.29) is 16.4 Å². The maximum absolute atomic E-state index is 13.1. The van der Waals surface area contributed by atoms with Gasteiger partial charge in [-0.15, -0.1) is 11.3 Å². The smallest absolute Gasteiger partial charge is 0.246 e. The molecule has 1 heterocycles. The molecule has 0 bridgehead atoms. The number of likely N-dealkylation sites (N-methyl/N-ethyl adjacent to an activating group) is 1. The van der Waals surface area contributed by atoms with Gasteiger partial charge in [0.15, 0.2) is 0 Å². The molecule has 10 heteroatoms. The molecular weight excluding hydrogens is 393 g/mol. The Kier molecular flexibility index (Phi) is 5.52. The van der Waals surface area contributed by atoms with Crippen molar-refractivity contribution in [3.8, 4) is 0 Å². The van der Waals surface area contributed by atoms with Crippen LogP contribution in [0.3, 0.4) is 0 Å². The number of hydrogen-bond acceptors (Lipinski definition) is 7. The first-order valence-electron chi connectivity index (χ1n) is 8.28. The first-order valence-corrected chi connectivity index (χ1v) is 10.5. The van der Waals surface area contributed by atoms with Crippen LogP contribution in [0.5, 0.6) is 0 Å². The summed E-state index contributed by atoms with van der Waals surface area (Å²) < 4.78 is 40.2. The monoisotopic (exact) mass is 413 g/mol. The van der Waals surface area contributed by atoms with Gasteiger partial charge in [0.05, 0.1) is 16.7 Å². The van der Waals surface area contributed by atoms with Gasteiger partial charge in [0.25, 0.3) is 0 Å². The molecule has 1 aliphatic rings. The number of anilines is 1. The van der Waals surface area contributed by atoms with Gasteiger partial charge in [-0.3, -0.25) is 0 Å². The van der Waals surface area contributed by atoms with Crippen LogP contribution in [0.15, 0.2) is 34.3 Å². The Morgan fingerprint density at radius 1 is 1.33 bits per heavy atom. The quantitative estimate of drug-likeness (QED) is 0.514. The second kappa shape index (κ2) is 7.55. The van der Waals surface area contributed by atoms with E-state index >= 15 is 0 Å². The van der Waals surface area contributed by atoms with Gasteiger partial charge in [-0.2, -0.15) is 4.31 Å². The van der Waals surface area contributed by atoms with Crippen LogP contribution in [-0.2, 0) is 16.4 Å². The Bertz CT molecular complexity index is 971. The van der Waals surface area contributed by atoms with Crippen LogP contribution < -0.4 is 5.73 Å². The molecule has 1 atom stereocenters. The number of halogens is 1. The van der Waals surface area contributed by atoms with E-state index in [0.717, 1.165) is 15.6 Å². The summed E-state index contributed by atoms with van der Waals surface area (Å²) in [6, 6.07) is 5.22. The highest BCUT2D eigenvalue weighted by molar-refractivity contribution is 7.89. The highest BCUT2D eigenvalue weighted by Gasteiger charge is 2.34. The van der Waals surface area contributed by atoms with Crippen molar-refractivity contribution < 1.29 is 23.1 Å². The minimum atomic E-state index is -3.96.